The van der Waals surface area contributed by atoms with Gasteiger partial charge in [0.05, 0.1) is 5.60 Å². The first kappa shape index (κ1) is 18.4. The van der Waals surface area contributed by atoms with Crippen LogP contribution in [0.4, 0.5) is 0 Å². The second-order valence-corrected chi connectivity index (χ2v) is 7.66. The Bertz CT molecular complexity index is 549. The zero-order valence-electron chi connectivity index (χ0n) is 14.9. The molecule has 5 heteroatoms. The number of hydrogen-bond acceptors (Lipinski definition) is 4. The van der Waals surface area contributed by atoms with Gasteiger partial charge in [0.1, 0.15) is 0 Å². The molecule has 1 heterocycles. The van der Waals surface area contributed by atoms with Gasteiger partial charge in [-0.25, -0.2) is 0 Å². The highest BCUT2D eigenvalue weighted by atomic mass is 16.3. The molecule has 1 aliphatic heterocycles. The van der Waals surface area contributed by atoms with Gasteiger partial charge in [0, 0.05) is 25.7 Å². The lowest BCUT2D eigenvalue weighted by Gasteiger charge is -2.40. The van der Waals surface area contributed by atoms with E-state index in [4.69, 9.17) is 0 Å². The van der Waals surface area contributed by atoms with Crippen LogP contribution in [0.25, 0.3) is 0 Å². The van der Waals surface area contributed by atoms with Crippen LogP contribution in [0.1, 0.15) is 56.6 Å². The largest absolute Gasteiger partial charge is 0.389 e. The van der Waals surface area contributed by atoms with Crippen LogP contribution < -0.4 is 5.32 Å². The van der Waals surface area contributed by atoms with E-state index in [-0.39, 0.29) is 11.9 Å². The average Bonchev–Trinajstić information content (AvgIpc) is 2.64. The standard InChI is InChI=1S/C20H30N2O3/c23-18(16-7-3-1-4-8-16)19(24)21-17-9-13-22(14-10-17)15-20(25)11-5-2-6-12-20/h1,3-4,7-8,17-18,23,25H,2,5-6,9-15H2,(H,21,24). The summed E-state index contributed by atoms with van der Waals surface area (Å²) < 4.78 is 0. The van der Waals surface area contributed by atoms with E-state index < -0.39 is 11.7 Å². The van der Waals surface area contributed by atoms with Gasteiger partial charge in [-0.3, -0.25) is 4.79 Å². The summed E-state index contributed by atoms with van der Waals surface area (Å²) in [4.78, 5) is 14.6. The third kappa shape index (κ3) is 5.03. The predicted octanol–water partition coefficient (Wildman–Crippen LogP) is 2.00. The summed E-state index contributed by atoms with van der Waals surface area (Å²) in [6.45, 7) is 2.52. The van der Waals surface area contributed by atoms with Crippen LogP contribution in [-0.4, -0.2) is 52.3 Å². The molecular weight excluding hydrogens is 316 g/mol. The maximum atomic E-state index is 12.2. The van der Waals surface area contributed by atoms with Crippen LogP contribution in [-0.2, 0) is 4.79 Å². The second kappa shape index (κ2) is 8.30. The number of aliphatic hydroxyl groups excluding tert-OH is 1. The smallest absolute Gasteiger partial charge is 0.253 e. The fourth-order valence-corrected chi connectivity index (χ4v) is 4.09. The van der Waals surface area contributed by atoms with Crippen molar-refractivity contribution in [2.75, 3.05) is 19.6 Å². The number of likely N-dealkylation sites (tertiary alicyclic amines) is 1. The number of β-amino-alcohol motifs (C(OH)–C–C–N with tert-alkyl or cyclic N) is 1. The molecule has 1 aromatic carbocycles. The van der Waals surface area contributed by atoms with E-state index in [1.165, 1.54) is 6.42 Å². The minimum Gasteiger partial charge on any atom is -0.389 e. The molecule has 25 heavy (non-hydrogen) atoms. The molecule has 2 aliphatic rings. The van der Waals surface area contributed by atoms with Crippen molar-refractivity contribution in [3.63, 3.8) is 0 Å². The Labute approximate surface area is 150 Å². The summed E-state index contributed by atoms with van der Waals surface area (Å²) in [5, 5.41) is 23.8. The van der Waals surface area contributed by atoms with Crippen molar-refractivity contribution in [3.05, 3.63) is 35.9 Å². The normalized spacial score (nSPS) is 23.1. The highest BCUT2D eigenvalue weighted by Gasteiger charge is 2.33. The van der Waals surface area contributed by atoms with E-state index in [1.54, 1.807) is 12.1 Å². The van der Waals surface area contributed by atoms with E-state index >= 15 is 0 Å². The summed E-state index contributed by atoms with van der Waals surface area (Å²) in [6, 6.07) is 9.13. The first-order valence-electron chi connectivity index (χ1n) is 9.54. The Balaban J connectivity index is 1.44. The maximum Gasteiger partial charge on any atom is 0.253 e. The number of rotatable bonds is 5. The van der Waals surface area contributed by atoms with E-state index in [1.807, 2.05) is 18.2 Å². The molecule has 3 rings (SSSR count). The van der Waals surface area contributed by atoms with E-state index in [2.05, 4.69) is 10.2 Å². The monoisotopic (exact) mass is 346 g/mol. The van der Waals surface area contributed by atoms with Crippen LogP contribution >= 0.6 is 0 Å². The zero-order chi connectivity index (χ0) is 17.7. The van der Waals surface area contributed by atoms with Crippen LogP contribution in [0.2, 0.25) is 0 Å². The van der Waals surface area contributed by atoms with Crippen molar-refractivity contribution in [2.24, 2.45) is 0 Å². The van der Waals surface area contributed by atoms with Gasteiger partial charge in [-0.15, -0.1) is 0 Å². The SMILES string of the molecule is O=C(NC1CCN(CC2(O)CCCCC2)CC1)C(O)c1ccccc1. The minimum atomic E-state index is -1.11. The number of hydrogen-bond donors (Lipinski definition) is 3. The molecule has 1 saturated carbocycles. The number of amides is 1. The van der Waals surface area contributed by atoms with Gasteiger partial charge in [-0.1, -0.05) is 49.6 Å². The molecular formula is C20H30N2O3. The first-order chi connectivity index (χ1) is 12.1. The molecule has 1 aliphatic carbocycles. The number of carbonyl (C=O) groups excluding carboxylic acids is 1. The molecule has 0 radical (unpaired) electrons. The van der Waals surface area contributed by atoms with Gasteiger partial charge in [-0.2, -0.15) is 0 Å². The fourth-order valence-electron chi connectivity index (χ4n) is 4.09. The molecule has 0 aromatic heterocycles. The summed E-state index contributed by atoms with van der Waals surface area (Å²) in [5.41, 5.74) is 0.106. The highest BCUT2D eigenvalue weighted by Crippen LogP contribution is 2.29. The second-order valence-electron chi connectivity index (χ2n) is 7.66. The third-order valence-corrected chi connectivity index (χ3v) is 5.60. The van der Waals surface area contributed by atoms with Gasteiger partial charge in [-0.05, 0) is 31.2 Å². The molecule has 1 unspecified atom stereocenters. The number of nitrogens with one attached hydrogen (secondary N) is 1. The molecule has 5 nitrogen and oxygen atoms in total. The lowest BCUT2D eigenvalue weighted by Crippen LogP contribution is -2.50. The Morgan fingerprint density at radius 3 is 2.44 bits per heavy atom. The van der Waals surface area contributed by atoms with E-state index in [9.17, 15) is 15.0 Å². The van der Waals surface area contributed by atoms with Crippen LogP contribution in [0.5, 0.6) is 0 Å². The molecule has 0 bridgehead atoms. The van der Waals surface area contributed by atoms with Crippen LogP contribution in [0.3, 0.4) is 0 Å². The number of piperidine rings is 1. The summed E-state index contributed by atoms with van der Waals surface area (Å²) in [7, 11) is 0. The van der Waals surface area contributed by atoms with Crippen molar-refractivity contribution in [1.82, 2.24) is 10.2 Å². The van der Waals surface area contributed by atoms with Gasteiger partial charge in [0.25, 0.3) is 5.91 Å². The Morgan fingerprint density at radius 1 is 1.16 bits per heavy atom. The molecule has 138 valence electrons. The minimum absolute atomic E-state index is 0.100. The predicted molar refractivity (Wildman–Crippen MR) is 97.0 cm³/mol. The van der Waals surface area contributed by atoms with Gasteiger partial charge in [0.15, 0.2) is 6.10 Å². The highest BCUT2D eigenvalue weighted by molar-refractivity contribution is 5.82. The quantitative estimate of drug-likeness (QED) is 0.762. The number of carbonyl (C=O) groups is 1. The molecule has 1 aromatic rings. The van der Waals surface area contributed by atoms with Crippen molar-refractivity contribution >= 4 is 5.91 Å². The molecule has 0 spiro atoms. The molecule has 1 atom stereocenters. The van der Waals surface area contributed by atoms with Gasteiger partial charge < -0.3 is 20.4 Å². The van der Waals surface area contributed by atoms with Crippen molar-refractivity contribution < 1.29 is 15.0 Å². The van der Waals surface area contributed by atoms with Crippen LogP contribution in [0.15, 0.2) is 30.3 Å². The van der Waals surface area contributed by atoms with Crippen molar-refractivity contribution in [3.8, 4) is 0 Å². The van der Waals surface area contributed by atoms with E-state index in [0.717, 1.165) is 58.2 Å². The lowest BCUT2D eigenvalue weighted by molar-refractivity contribution is -0.130. The van der Waals surface area contributed by atoms with Gasteiger partial charge >= 0.3 is 0 Å². The molecule has 1 amide bonds. The van der Waals surface area contributed by atoms with Crippen LogP contribution in [0, 0.1) is 0 Å². The average molecular weight is 346 g/mol. The summed E-state index contributed by atoms with van der Waals surface area (Å²) >= 11 is 0. The topological polar surface area (TPSA) is 72.8 Å². The Morgan fingerprint density at radius 2 is 1.80 bits per heavy atom. The maximum absolute atomic E-state index is 12.2. The Hall–Kier alpha value is -1.43. The first-order valence-corrected chi connectivity index (χ1v) is 9.54. The molecule has 3 N–H and O–H groups in total. The fraction of sp³-hybridized carbons (Fsp3) is 0.650. The lowest BCUT2D eigenvalue weighted by atomic mass is 9.84. The summed E-state index contributed by atoms with van der Waals surface area (Å²) in [6.07, 6.45) is 5.93. The van der Waals surface area contributed by atoms with Gasteiger partial charge in [0.2, 0.25) is 0 Å². The molecule has 1 saturated heterocycles. The van der Waals surface area contributed by atoms with Crippen molar-refractivity contribution in [1.29, 1.82) is 0 Å². The zero-order valence-corrected chi connectivity index (χ0v) is 14.9. The number of nitrogens with zero attached hydrogens (tertiary/aromatic N) is 1. The molecule has 2 fully saturated rings. The van der Waals surface area contributed by atoms with E-state index in [0.29, 0.717) is 5.56 Å². The third-order valence-electron chi connectivity index (χ3n) is 5.60. The number of benzene rings is 1. The Kier molecular flexibility index (Phi) is 6.10. The summed E-state index contributed by atoms with van der Waals surface area (Å²) in [5.74, 6) is -0.324. The number of aliphatic hydroxyl groups is 2. The van der Waals surface area contributed by atoms with Crippen molar-refractivity contribution in [2.45, 2.75) is 62.7 Å².